The van der Waals surface area contributed by atoms with E-state index < -0.39 is 17.7 Å². The standard InChI is InChI=1S/C32H27NO5/c1-2-37-27-15-9-12-24(20-27)30(34)28-29(33(32(36)31(28)35)25-13-7-4-8-14-25)23-16-18-26(19-17-23)38-21-22-10-5-3-6-11-22/h3-20,29,34H,2,21H2,1H3/b30-28-. The Morgan fingerprint density at radius 3 is 2.16 bits per heavy atom. The molecule has 1 N–H and O–H groups in total. The van der Waals surface area contributed by atoms with Gasteiger partial charge in [0.15, 0.2) is 0 Å². The predicted molar refractivity (Wildman–Crippen MR) is 146 cm³/mol. The Kier molecular flexibility index (Phi) is 7.22. The molecule has 0 aliphatic carbocycles. The molecule has 1 fully saturated rings. The number of aliphatic hydroxyl groups is 1. The van der Waals surface area contributed by atoms with E-state index in [-0.39, 0.29) is 11.3 Å². The Hall–Kier alpha value is -4.84. The zero-order chi connectivity index (χ0) is 26.5. The first kappa shape index (κ1) is 24.8. The number of hydrogen-bond donors (Lipinski definition) is 1. The van der Waals surface area contributed by atoms with E-state index in [1.165, 1.54) is 4.90 Å². The summed E-state index contributed by atoms with van der Waals surface area (Å²) in [6.07, 6.45) is 0. The van der Waals surface area contributed by atoms with Crippen molar-refractivity contribution in [1.29, 1.82) is 0 Å². The van der Waals surface area contributed by atoms with Crippen LogP contribution in [0.15, 0.2) is 115 Å². The number of para-hydroxylation sites is 1. The summed E-state index contributed by atoms with van der Waals surface area (Å²) in [5.41, 5.74) is 2.69. The van der Waals surface area contributed by atoms with Crippen LogP contribution in [0.3, 0.4) is 0 Å². The highest BCUT2D eigenvalue weighted by Crippen LogP contribution is 2.42. The maximum absolute atomic E-state index is 13.4. The van der Waals surface area contributed by atoms with E-state index in [2.05, 4.69) is 0 Å². The topological polar surface area (TPSA) is 76.1 Å². The molecule has 0 spiro atoms. The van der Waals surface area contributed by atoms with Gasteiger partial charge in [-0.2, -0.15) is 0 Å². The summed E-state index contributed by atoms with van der Waals surface area (Å²) in [6, 6.07) is 32.1. The molecule has 1 heterocycles. The van der Waals surface area contributed by atoms with Crippen molar-refractivity contribution in [3.8, 4) is 11.5 Å². The van der Waals surface area contributed by atoms with Gasteiger partial charge in [-0.1, -0.05) is 72.8 Å². The van der Waals surface area contributed by atoms with Crippen molar-refractivity contribution in [2.24, 2.45) is 0 Å². The molecule has 1 unspecified atom stereocenters. The first-order valence-corrected chi connectivity index (χ1v) is 12.4. The summed E-state index contributed by atoms with van der Waals surface area (Å²) in [5, 5.41) is 11.4. The quantitative estimate of drug-likeness (QED) is 0.173. The minimum Gasteiger partial charge on any atom is -0.507 e. The lowest BCUT2D eigenvalue weighted by atomic mass is 9.95. The van der Waals surface area contributed by atoms with Crippen LogP contribution >= 0.6 is 0 Å². The van der Waals surface area contributed by atoms with Crippen molar-refractivity contribution in [2.45, 2.75) is 19.6 Å². The molecule has 0 bridgehead atoms. The van der Waals surface area contributed by atoms with Gasteiger partial charge in [-0.25, -0.2) is 0 Å². The Bertz CT molecular complexity index is 1460. The molecule has 6 nitrogen and oxygen atoms in total. The maximum atomic E-state index is 13.4. The Morgan fingerprint density at radius 1 is 0.789 bits per heavy atom. The van der Waals surface area contributed by atoms with Gasteiger partial charge in [0.2, 0.25) is 0 Å². The maximum Gasteiger partial charge on any atom is 0.300 e. The molecule has 1 atom stereocenters. The molecule has 4 aromatic rings. The molecule has 0 aromatic heterocycles. The average Bonchev–Trinajstić information content (AvgIpc) is 3.23. The molecule has 0 saturated carbocycles. The molecule has 5 rings (SSSR count). The molecule has 1 saturated heterocycles. The van der Waals surface area contributed by atoms with Crippen LogP contribution in [0.1, 0.15) is 29.7 Å². The fourth-order valence-electron chi connectivity index (χ4n) is 4.55. The van der Waals surface area contributed by atoms with Gasteiger partial charge in [-0.15, -0.1) is 0 Å². The van der Waals surface area contributed by atoms with Gasteiger partial charge in [0.25, 0.3) is 11.7 Å². The summed E-state index contributed by atoms with van der Waals surface area (Å²) in [4.78, 5) is 28.1. The number of benzene rings is 4. The second kappa shape index (κ2) is 11.0. The molecular formula is C32H27NO5. The largest absolute Gasteiger partial charge is 0.507 e. The van der Waals surface area contributed by atoms with Crippen LogP contribution in [-0.4, -0.2) is 23.4 Å². The van der Waals surface area contributed by atoms with Crippen LogP contribution in [0.4, 0.5) is 5.69 Å². The number of nitrogens with zero attached hydrogens (tertiary/aromatic N) is 1. The van der Waals surface area contributed by atoms with E-state index in [1.54, 1.807) is 60.7 Å². The van der Waals surface area contributed by atoms with Crippen LogP contribution in [0.25, 0.3) is 5.76 Å². The highest BCUT2D eigenvalue weighted by atomic mass is 16.5. The predicted octanol–water partition coefficient (Wildman–Crippen LogP) is 6.29. The number of rotatable bonds is 8. The third-order valence-electron chi connectivity index (χ3n) is 6.34. The first-order chi connectivity index (χ1) is 18.6. The van der Waals surface area contributed by atoms with E-state index in [9.17, 15) is 14.7 Å². The van der Waals surface area contributed by atoms with Gasteiger partial charge in [-0.05, 0) is 54.4 Å². The van der Waals surface area contributed by atoms with E-state index in [0.717, 1.165) is 5.56 Å². The number of amides is 1. The SMILES string of the molecule is CCOc1cccc(/C(O)=C2/C(=O)C(=O)N(c3ccccc3)C2c2ccc(OCc3ccccc3)cc2)c1. The smallest absolute Gasteiger partial charge is 0.300 e. The molecule has 6 heteroatoms. The molecule has 38 heavy (non-hydrogen) atoms. The van der Waals surface area contributed by atoms with E-state index in [0.29, 0.717) is 41.5 Å². The molecule has 0 radical (unpaired) electrons. The number of aliphatic hydroxyl groups excluding tert-OH is 1. The number of anilines is 1. The van der Waals surface area contributed by atoms with Crippen molar-refractivity contribution in [2.75, 3.05) is 11.5 Å². The van der Waals surface area contributed by atoms with E-state index in [1.807, 2.05) is 55.5 Å². The fourth-order valence-corrected chi connectivity index (χ4v) is 4.55. The average molecular weight is 506 g/mol. The van der Waals surface area contributed by atoms with Crippen LogP contribution < -0.4 is 14.4 Å². The second-order valence-electron chi connectivity index (χ2n) is 8.81. The summed E-state index contributed by atoms with van der Waals surface area (Å²) in [7, 11) is 0. The van der Waals surface area contributed by atoms with Crippen LogP contribution in [-0.2, 0) is 16.2 Å². The minimum absolute atomic E-state index is 0.0189. The summed E-state index contributed by atoms with van der Waals surface area (Å²) < 4.78 is 11.5. The lowest BCUT2D eigenvalue weighted by Crippen LogP contribution is -2.29. The lowest BCUT2D eigenvalue weighted by Gasteiger charge is -2.25. The Morgan fingerprint density at radius 2 is 1.47 bits per heavy atom. The van der Waals surface area contributed by atoms with Crippen molar-refractivity contribution in [3.05, 3.63) is 131 Å². The number of ether oxygens (including phenoxy) is 2. The van der Waals surface area contributed by atoms with Gasteiger partial charge in [0.05, 0.1) is 18.2 Å². The molecule has 1 amide bonds. The van der Waals surface area contributed by atoms with Gasteiger partial charge < -0.3 is 14.6 Å². The summed E-state index contributed by atoms with van der Waals surface area (Å²) in [6.45, 7) is 2.74. The van der Waals surface area contributed by atoms with E-state index >= 15 is 0 Å². The normalized spacial score (nSPS) is 16.4. The van der Waals surface area contributed by atoms with E-state index in [4.69, 9.17) is 9.47 Å². The molecular weight excluding hydrogens is 478 g/mol. The molecule has 1 aliphatic heterocycles. The zero-order valence-electron chi connectivity index (χ0n) is 20.9. The van der Waals surface area contributed by atoms with Crippen molar-refractivity contribution >= 4 is 23.1 Å². The number of Topliss-reactive ketones (excluding diaryl/α,β-unsaturated/α-hetero) is 1. The minimum atomic E-state index is -0.823. The lowest BCUT2D eigenvalue weighted by molar-refractivity contribution is -0.132. The fraction of sp³-hybridized carbons (Fsp3) is 0.125. The van der Waals surface area contributed by atoms with Crippen LogP contribution in [0.5, 0.6) is 11.5 Å². The Labute approximate surface area is 221 Å². The molecule has 190 valence electrons. The Balaban J connectivity index is 1.55. The van der Waals surface area contributed by atoms with Crippen molar-refractivity contribution < 1.29 is 24.2 Å². The number of carbonyl (C=O) groups is 2. The van der Waals surface area contributed by atoms with Crippen molar-refractivity contribution in [3.63, 3.8) is 0 Å². The van der Waals surface area contributed by atoms with Crippen LogP contribution in [0, 0.1) is 0 Å². The highest BCUT2D eigenvalue weighted by Gasteiger charge is 2.46. The van der Waals surface area contributed by atoms with Gasteiger partial charge in [0.1, 0.15) is 23.9 Å². The third kappa shape index (κ3) is 5.02. The second-order valence-corrected chi connectivity index (χ2v) is 8.81. The summed E-state index contributed by atoms with van der Waals surface area (Å²) >= 11 is 0. The van der Waals surface area contributed by atoms with Gasteiger partial charge in [-0.3, -0.25) is 14.5 Å². The number of carbonyl (C=O) groups excluding carboxylic acids is 2. The molecule has 4 aromatic carbocycles. The number of hydrogen-bond acceptors (Lipinski definition) is 5. The van der Waals surface area contributed by atoms with Gasteiger partial charge >= 0.3 is 0 Å². The first-order valence-electron chi connectivity index (χ1n) is 12.4. The third-order valence-corrected chi connectivity index (χ3v) is 6.34. The monoisotopic (exact) mass is 505 g/mol. The highest BCUT2D eigenvalue weighted by molar-refractivity contribution is 6.51. The number of ketones is 1. The van der Waals surface area contributed by atoms with Crippen LogP contribution in [0.2, 0.25) is 0 Å². The van der Waals surface area contributed by atoms with Crippen molar-refractivity contribution in [1.82, 2.24) is 0 Å². The molecule has 1 aliphatic rings. The summed E-state index contributed by atoms with van der Waals surface area (Å²) in [5.74, 6) is -0.489. The van der Waals surface area contributed by atoms with Gasteiger partial charge in [0, 0.05) is 11.3 Å². The zero-order valence-corrected chi connectivity index (χ0v) is 20.9.